The minimum Gasteiger partial charge on any atom is -0.378 e. The Morgan fingerprint density at radius 3 is 2.63 bits per heavy atom. The number of pyridine rings is 1. The van der Waals surface area contributed by atoms with Crippen molar-refractivity contribution in [1.82, 2.24) is 10.3 Å². The zero-order chi connectivity index (χ0) is 13.9. The van der Waals surface area contributed by atoms with E-state index in [9.17, 15) is 13.2 Å². The summed E-state index contributed by atoms with van der Waals surface area (Å²) in [5.41, 5.74) is -1.11. The molecule has 1 aliphatic rings. The van der Waals surface area contributed by atoms with E-state index >= 15 is 0 Å². The summed E-state index contributed by atoms with van der Waals surface area (Å²) in [6.45, 7) is 1.52. The number of ether oxygens (including phenoxy) is 1. The third-order valence-electron chi connectivity index (χ3n) is 3.62. The molecular weight excluding hydrogens is 257 g/mol. The molecule has 1 N–H and O–H groups in total. The summed E-state index contributed by atoms with van der Waals surface area (Å²) >= 11 is 0. The summed E-state index contributed by atoms with van der Waals surface area (Å²) in [7, 11) is 1.56. The number of hydrogen-bond acceptors (Lipinski definition) is 3. The Kier molecular flexibility index (Phi) is 4.10. The molecule has 2 heterocycles. The molecule has 0 aliphatic carbocycles. The summed E-state index contributed by atoms with van der Waals surface area (Å²) in [4.78, 5) is 3.48. The summed E-state index contributed by atoms with van der Waals surface area (Å²) in [5, 5.41) is 3.19. The maximum atomic E-state index is 12.9. The van der Waals surface area contributed by atoms with Gasteiger partial charge in [-0.1, -0.05) is 6.07 Å². The number of piperidine rings is 1. The van der Waals surface area contributed by atoms with Crippen molar-refractivity contribution < 1.29 is 17.9 Å². The molecule has 1 saturated heterocycles. The van der Waals surface area contributed by atoms with E-state index in [0.717, 1.165) is 13.1 Å². The molecule has 2 rings (SSSR count). The molecule has 1 fully saturated rings. The molecule has 0 unspecified atom stereocenters. The van der Waals surface area contributed by atoms with Gasteiger partial charge in [-0.2, -0.15) is 13.2 Å². The second-order valence-electron chi connectivity index (χ2n) is 4.82. The highest BCUT2D eigenvalue weighted by atomic mass is 19.4. The van der Waals surface area contributed by atoms with Crippen molar-refractivity contribution in [3.63, 3.8) is 0 Å². The van der Waals surface area contributed by atoms with Crippen LogP contribution in [0.2, 0.25) is 0 Å². The third kappa shape index (κ3) is 3.25. The van der Waals surface area contributed by atoms with Crippen LogP contribution in [-0.2, 0) is 17.3 Å². The van der Waals surface area contributed by atoms with Gasteiger partial charge in [-0.05, 0) is 37.6 Å². The number of nitrogens with zero attached hydrogens (tertiary/aromatic N) is 1. The van der Waals surface area contributed by atoms with Crippen molar-refractivity contribution in [1.29, 1.82) is 0 Å². The van der Waals surface area contributed by atoms with E-state index in [2.05, 4.69) is 10.3 Å². The van der Waals surface area contributed by atoms with Crippen LogP contribution in [-0.4, -0.2) is 30.8 Å². The Morgan fingerprint density at radius 1 is 1.37 bits per heavy atom. The zero-order valence-corrected chi connectivity index (χ0v) is 10.8. The second-order valence-corrected chi connectivity index (χ2v) is 4.82. The van der Waals surface area contributed by atoms with E-state index in [1.807, 2.05) is 0 Å². The van der Waals surface area contributed by atoms with Crippen LogP contribution in [0.1, 0.15) is 24.1 Å². The summed E-state index contributed by atoms with van der Waals surface area (Å²) in [6, 6.07) is 3.02. The minimum absolute atomic E-state index is 0.207. The van der Waals surface area contributed by atoms with Gasteiger partial charge in [0.25, 0.3) is 0 Å². The molecule has 3 nitrogen and oxygen atoms in total. The van der Waals surface area contributed by atoms with Crippen LogP contribution in [0.25, 0.3) is 0 Å². The number of hydrogen-bond donors (Lipinski definition) is 1. The Balaban J connectivity index is 2.27. The quantitative estimate of drug-likeness (QED) is 0.919. The van der Waals surface area contributed by atoms with E-state index in [1.54, 1.807) is 7.11 Å². The standard InChI is InChI=1S/C13H17F3N2O/c1-19-12(4-7-17-8-5-12)9-10-3-2-6-18-11(10)13(14,15)16/h2-3,6,17H,4-5,7-9H2,1H3. The predicted molar refractivity (Wildman–Crippen MR) is 64.8 cm³/mol. The topological polar surface area (TPSA) is 34.1 Å². The van der Waals surface area contributed by atoms with Crippen LogP contribution in [0.4, 0.5) is 13.2 Å². The molecule has 0 amide bonds. The van der Waals surface area contributed by atoms with Crippen LogP contribution in [0.3, 0.4) is 0 Å². The van der Waals surface area contributed by atoms with E-state index < -0.39 is 17.5 Å². The lowest BCUT2D eigenvalue weighted by atomic mass is 9.85. The van der Waals surface area contributed by atoms with Gasteiger partial charge >= 0.3 is 6.18 Å². The van der Waals surface area contributed by atoms with Gasteiger partial charge in [0.15, 0.2) is 0 Å². The predicted octanol–water partition coefficient (Wildman–Crippen LogP) is 2.41. The Morgan fingerprint density at radius 2 is 2.05 bits per heavy atom. The van der Waals surface area contributed by atoms with Crippen LogP contribution in [0, 0.1) is 0 Å². The van der Waals surface area contributed by atoms with E-state index in [-0.39, 0.29) is 12.0 Å². The Bertz CT molecular complexity index is 428. The minimum atomic E-state index is -4.42. The van der Waals surface area contributed by atoms with Crippen LogP contribution in [0.15, 0.2) is 18.3 Å². The number of rotatable bonds is 3. The average molecular weight is 274 g/mol. The van der Waals surface area contributed by atoms with Crippen molar-refractivity contribution in [3.05, 3.63) is 29.6 Å². The van der Waals surface area contributed by atoms with Crippen molar-refractivity contribution in [2.45, 2.75) is 31.0 Å². The first kappa shape index (κ1) is 14.3. The number of aromatic nitrogens is 1. The van der Waals surface area contributed by atoms with Crippen molar-refractivity contribution in [3.8, 4) is 0 Å². The maximum Gasteiger partial charge on any atom is 0.433 e. The van der Waals surface area contributed by atoms with Gasteiger partial charge in [-0.15, -0.1) is 0 Å². The van der Waals surface area contributed by atoms with E-state index in [4.69, 9.17) is 4.74 Å². The smallest absolute Gasteiger partial charge is 0.378 e. The lowest BCUT2D eigenvalue weighted by Gasteiger charge is -2.37. The monoisotopic (exact) mass is 274 g/mol. The second kappa shape index (κ2) is 5.46. The van der Waals surface area contributed by atoms with Crippen LogP contribution < -0.4 is 5.32 Å². The molecular formula is C13H17F3N2O. The molecule has 1 aliphatic heterocycles. The first-order chi connectivity index (χ1) is 8.97. The SMILES string of the molecule is COC1(Cc2cccnc2C(F)(F)F)CCNCC1. The molecule has 0 saturated carbocycles. The normalized spacial score (nSPS) is 19.4. The molecule has 0 spiro atoms. The molecule has 19 heavy (non-hydrogen) atoms. The maximum absolute atomic E-state index is 12.9. The fraction of sp³-hybridized carbons (Fsp3) is 0.615. The molecule has 1 aromatic heterocycles. The lowest BCUT2D eigenvalue weighted by Crippen LogP contribution is -2.45. The molecule has 0 aromatic carbocycles. The molecule has 0 radical (unpaired) electrons. The Labute approximate surface area is 110 Å². The summed E-state index contributed by atoms with van der Waals surface area (Å²) in [5.74, 6) is 0. The lowest BCUT2D eigenvalue weighted by molar-refractivity contribution is -0.142. The van der Waals surface area contributed by atoms with Crippen LogP contribution in [0.5, 0.6) is 0 Å². The molecule has 6 heteroatoms. The highest BCUT2D eigenvalue weighted by Gasteiger charge is 2.39. The largest absolute Gasteiger partial charge is 0.433 e. The van der Waals surface area contributed by atoms with Crippen LogP contribution >= 0.6 is 0 Å². The fourth-order valence-corrected chi connectivity index (χ4v) is 2.52. The first-order valence-electron chi connectivity index (χ1n) is 6.24. The van der Waals surface area contributed by atoms with Gasteiger partial charge in [0.05, 0.1) is 5.60 Å². The van der Waals surface area contributed by atoms with Gasteiger partial charge in [0.2, 0.25) is 0 Å². The Hall–Kier alpha value is -1.14. The summed E-state index contributed by atoms with van der Waals surface area (Å²) in [6.07, 6.45) is -1.59. The van der Waals surface area contributed by atoms with Gasteiger partial charge in [0.1, 0.15) is 5.69 Å². The molecule has 1 aromatic rings. The average Bonchev–Trinajstić information content (AvgIpc) is 2.39. The number of alkyl halides is 3. The summed E-state index contributed by atoms with van der Waals surface area (Å²) < 4.78 is 44.3. The third-order valence-corrected chi connectivity index (χ3v) is 3.62. The number of nitrogens with one attached hydrogen (secondary N) is 1. The first-order valence-corrected chi connectivity index (χ1v) is 6.24. The highest BCUT2D eigenvalue weighted by Crippen LogP contribution is 2.34. The van der Waals surface area contributed by atoms with E-state index in [0.29, 0.717) is 12.8 Å². The van der Waals surface area contributed by atoms with Gasteiger partial charge in [0, 0.05) is 19.7 Å². The highest BCUT2D eigenvalue weighted by molar-refractivity contribution is 5.24. The number of halogens is 3. The molecule has 0 atom stereocenters. The van der Waals surface area contributed by atoms with Crippen molar-refractivity contribution >= 4 is 0 Å². The van der Waals surface area contributed by atoms with Gasteiger partial charge in [-0.25, -0.2) is 0 Å². The van der Waals surface area contributed by atoms with Gasteiger partial charge in [-0.3, -0.25) is 4.98 Å². The molecule has 0 bridgehead atoms. The number of methoxy groups -OCH3 is 1. The fourth-order valence-electron chi connectivity index (χ4n) is 2.52. The zero-order valence-electron chi connectivity index (χ0n) is 10.8. The van der Waals surface area contributed by atoms with Crippen molar-refractivity contribution in [2.24, 2.45) is 0 Å². The van der Waals surface area contributed by atoms with E-state index in [1.165, 1.54) is 18.3 Å². The van der Waals surface area contributed by atoms with Crippen molar-refractivity contribution in [2.75, 3.05) is 20.2 Å². The molecule has 106 valence electrons. The van der Waals surface area contributed by atoms with Gasteiger partial charge < -0.3 is 10.1 Å².